The summed E-state index contributed by atoms with van der Waals surface area (Å²) in [5.74, 6) is 0.311. The lowest BCUT2D eigenvalue weighted by atomic mass is 10.2. The molecule has 0 aliphatic rings. The van der Waals surface area contributed by atoms with Gasteiger partial charge in [0.15, 0.2) is 0 Å². The molecule has 8 heteroatoms. The van der Waals surface area contributed by atoms with Crippen LogP contribution in [0.2, 0.25) is 0 Å². The van der Waals surface area contributed by atoms with Crippen molar-refractivity contribution in [1.82, 2.24) is 14.7 Å². The highest BCUT2D eigenvalue weighted by Crippen LogP contribution is 2.22. The molecule has 3 N–H and O–H groups in total. The number of carbonyl (C=O) groups is 2. The van der Waals surface area contributed by atoms with Gasteiger partial charge in [0.05, 0.1) is 11.0 Å². The Balaban J connectivity index is 1.35. The summed E-state index contributed by atoms with van der Waals surface area (Å²) in [6.45, 7) is 0. The minimum atomic E-state index is -0.540. The first-order valence-electron chi connectivity index (χ1n) is 8.67. The second kappa shape index (κ2) is 8.15. The summed E-state index contributed by atoms with van der Waals surface area (Å²) in [5, 5.41) is 2.26. The number of urea groups is 1. The lowest BCUT2D eigenvalue weighted by Gasteiger charge is -2.07. The van der Waals surface area contributed by atoms with Crippen molar-refractivity contribution >= 4 is 39.8 Å². The normalized spacial score (nSPS) is 10.7. The second-order valence-corrected chi connectivity index (χ2v) is 6.91. The summed E-state index contributed by atoms with van der Waals surface area (Å²) in [6, 6.07) is 19.5. The predicted octanol–water partition coefficient (Wildman–Crippen LogP) is 4.98. The number of nitrogens with zero attached hydrogens (tertiary/aromatic N) is 1. The van der Waals surface area contributed by atoms with Crippen LogP contribution >= 0.6 is 11.9 Å². The maximum atomic E-state index is 12.9. The number of imidazole rings is 1. The molecule has 6 nitrogen and oxygen atoms in total. The molecule has 0 spiro atoms. The van der Waals surface area contributed by atoms with Crippen LogP contribution in [0.25, 0.3) is 22.4 Å². The average molecular weight is 406 g/mol. The molecule has 0 radical (unpaired) electrons. The molecular formula is C21H15FN4O2S. The van der Waals surface area contributed by atoms with Gasteiger partial charge in [-0.15, -0.1) is 0 Å². The van der Waals surface area contributed by atoms with E-state index in [0.29, 0.717) is 23.2 Å². The average Bonchev–Trinajstić information content (AvgIpc) is 3.17. The Bertz CT molecular complexity index is 1140. The van der Waals surface area contributed by atoms with Crippen molar-refractivity contribution in [2.45, 2.75) is 0 Å². The topological polar surface area (TPSA) is 86.9 Å². The molecule has 4 rings (SSSR count). The highest BCUT2D eigenvalue weighted by atomic mass is 32.2. The van der Waals surface area contributed by atoms with Crippen LogP contribution in [-0.4, -0.2) is 21.1 Å². The molecule has 0 unspecified atom stereocenters. The number of amides is 2. The third kappa shape index (κ3) is 4.44. The van der Waals surface area contributed by atoms with Gasteiger partial charge in [0.25, 0.3) is 0 Å². The van der Waals surface area contributed by atoms with Gasteiger partial charge in [0.2, 0.25) is 5.12 Å². The van der Waals surface area contributed by atoms with E-state index < -0.39 is 11.8 Å². The van der Waals surface area contributed by atoms with Gasteiger partial charge in [-0.3, -0.25) is 9.52 Å². The Morgan fingerprint density at radius 3 is 2.38 bits per heavy atom. The van der Waals surface area contributed by atoms with Gasteiger partial charge in [0, 0.05) is 28.8 Å². The fourth-order valence-electron chi connectivity index (χ4n) is 2.70. The zero-order valence-electron chi connectivity index (χ0n) is 15.0. The van der Waals surface area contributed by atoms with Gasteiger partial charge in [-0.1, -0.05) is 12.1 Å². The van der Waals surface area contributed by atoms with E-state index in [9.17, 15) is 14.0 Å². The van der Waals surface area contributed by atoms with Crippen LogP contribution in [0.3, 0.4) is 0 Å². The zero-order valence-corrected chi connectivity index (χ0v) is 15.8. The predicted molar refractivity (Wildman–Crippen MR) is 112 cm³/mol. The summed E-state index contributed by atoms with van der Waals surface area (Å²) in [5.41, 5.74) is 3.58. The molecule has 0 saturated carbocycles. The third-order valence-electron chi connectivity index (χ3n) is 4.12. The highest BCUT2D eigenvalue weighted by molar-refractivity contribution is 8.12. The van der Waals surface area contributed by atoms with E-state index in [1.54, 1.807) is 12.1 Å². The number of carbonyl (C=O) groups excluding carboxylic acids is 2. The standard InChI is InChI=1S/C21H15FN4O2S/c22-15-9-5-14(6-10-15)20(27)29-26-21(28)23-16-11-7-13(8-12-16)19-24-17-3-1-2-4-18(17)25-19/h1-12H,(H,24,25)(H2,23,26,28). The smallest absolute Gasteiger partial charge is 0.329 e. The van der Waals surface area contributed by atoms with Crippen LogP contribution in [-0.2, 0) is 0 Å². The third-order valence-corrected chi connectivity index (χ3v) is 4.83. The van der Waals surface area contributed by atoms with Gasteiger partial charge in [-0.05, 0) is 60.7 Å². The molecule has 1 heterocycles. The molecule has 0 aliphatic heterocycles. The van der Waals surface area contributed by atoms with E-state index in [1.807, 2.05) is 36.4 Å². The van der Waals surface area contributed by atoms with Crippen molar-refractivity contribution in [3.63, 3.8) is 0 Å². The quantitative estimate of drug-likeness (QED) is 0.419. The van der Waals surface area contributed by atoms with Gasteiger partial charge < -0.3 is 10.3 Å². The number of anilines is 1. The van der Waals surface area contributed by atoms with E-state index in [4.69, 9.17) is 0 Å². The van der Waals surface area contributed by atoms with Gasteiger partial charge in [-0.25, -0.2) is 14.2 Å². The number of nitrogens with one attached hydrogen (secondary N) is 3. The van der Waals surface area contributed by atoms with Crippen LogP contribution in [0.15, 0.2) is 72.8 Å². The molecule has 3 aromatic carbocycles. The molecule has 0 aliphatic carbocycles. The molecule has 29 heavy (non-hydrogen) atoms. The van der Waals surface area contributed by atoms with Gasteiger partial charge in [0.1, 0.15) is 11.6 Å². The maximum absolute atomic E-state index is 12.9. The number of aromatic nitrogens is 2. The summed E-state index contributed by atoms with van der Waals surface area (Å²) in [6.07, 6.45) is 0. The molecule has 0 saturated heterocycles. The second-order valence-electron chi connectivity index (χ2n) is 6.13. The molecule has 0 bridgehead atoms. The lowest BCUT2D eigenvalue weighted by Crippen LogP contribution is -2.24. The van der Waals surface area contributed by atoms with Crippen LogP contribution in [0.1, 0.15) is 10.4 Å². The number of hydrogen-bond donors (Lipinski definition) is 3. The van der Waals surface area contributed by atoms with Crippen molar-refractivity contribution in [3.05, 3.63) is 84.2 Å². The van der Waals surface area contributed by atoms with Crippen molar-refractivity contribution in [2.75, 3.05) is 5.32 Å². The summed E-state index contributed by atoms with van der Waals surface area (Å²) in [4.78, 5) is 31.8. The first-order valence-corrected chi connectivity index (χ1v) is 9.49. The minimum absolute atomic E-state index is 0.298. The molecule has 0 atom stereocenters. The Hall–Kier alpha value is -3.65. The minimum Gasteiger partial charge on any atom is -0.338 e. The SMILES string of the molecule is O=C(NSC(=O)c1ccc(F)cc1)Nc1ccc(-c2nc3ccccc3[nH]2)cc1. The molecule has 144 valence electrons. The van der Waals surface area contributed by atoms with Gasteiger partial charge >= 0.3 is 6.03 Å². The first-order chi connectivity index (χ1) is 14.1. The monoisotopic (exact) mass is 406 g/mol. The zero-order chi connectivity index (χ0) is 20.2. The maximum Gasteiger partial charge on any atom is 0.329 e. The number of benzene rings is 3. The Morgan fingerprint density at radius 2 is 1.66 bits per heavy atom. The van der Waals surface area contributed by atoms with Crippen LogP contribution < -0.4 is 10.0 Å². The number of halogens is 1. The van der Waals surface area contributed by atoms with Crippen LogP contribution in [0.5, 0.6) is 0 Å². The molecule has 0 fully saturated rings. The summed E-state index contributed by atoms with van der Waals surface area (Å²) >= 11 is 0.627. The van der Waals surface area contributed by atoms with Crippen molar-refractivity contribution in [3.8, 4) is 11.4 Å². The van der Waals surface area contributed by atoms with E-state index in [1.165, 1.54) is 24.3 Å². The Labute approximate surface area is 169 Å². The Kier molecular flexibility index (Phi) is 5.26. The molecular weight excluding hydrogens is 391 g/mol. The van der Waals surface area contributed by atoms with E-state index in [0.717, 1.165) is 22.4 Å². The van der Waals surface area contributed by atoms with Crippen LogP contribution in [0, 0.1) is 5.82 Å². The molecule has 4 aromatic rings. The summed E-state index contributed by atoms with van der Waals surface area (Å²) < 4.78 is 15.3. The largest absolute Gasteiger partial charge is 0.338 e. The fourth-order valence-corrected chi connectivity index (χ4v) is 3.19. The van der Waals surface area contributed by atoms with E-state index in [-0.39, 0.29) is 5.12 Å². The number of rotatable bonds is 3. The fraction of sp³-hybridized carbons (Fsp3) is 0. The first kappa shape index (κ1) is 18.7. The van der Waals surface area contributed by atoms with Crippen molar-refractivity contribution in [1.29, 1.82) is 0 Å². The molecule has 2 amide bonds. The molecule has 1 aromatic heterocycles. The van der Waals surface area contributed by atoms with Gasteiger partial charge in [-0.2, -0.15) is 0 Å². The lowest BCUT2D eigenvalue weighted by molar-refractivity contribution is 0.108. The highest BCUT2D eigenvalue weighted by Gasteiger charge is 2.10. The summed E-state index contributed by atoms with van der Waals surface area (Å²) in [7, 11) is 0. The number of para-hydroxylation sites is 2. The number of aromatic amines is 1. The van der Waals surface area contributed by atoms with E-state index >= 15 is 0 Å². The van der Waals surface area contributed by atoms with Crippen molar-refractivity contribution in [2.24, 2.45) is 0 Å². The Morgan fingerprint density at radius 1 is 0.931 bits per heavy atom. The van der Waals surface area contributed by atoms with Crippen LogP contribution in [0.4, 0.5) is 14.9 Å². The number of hydrogen-bond acceptors (Lipinski definition) is 4. The van der Waals surface area contributed by atoms with E-state index in [2.05, 4.69) is 20.0 Å². The van der Waals surface area contributed by atoms with Crippen molar-refractivity contribution < 1.29 is 14.0 Å². The number of fused-ring (bicyclic) bond motifs is 1. The number of H-pyrrole nitrogens is 1.